The molecule has 1 aromatic heterocycles. The number of carbonyl (C=O) groups is 1. The molecule has 1 N–H and O–H groups in total. The number of thioether (sulfide) groups is 1. The van der Waals surface area contributed by atoms with Gasteiger partial charge in [0, 0.05) is 42.6 Å². The van der Waals surface area contributed by atoms with E-state index in [1.807, 2.05) is 35.9 Å². The standard InChI is InChI=1S/C15H19N3OS/c1-13-16-8-10-18(13)11-9-17-15(19)7-12-20-14-5-3-2-4-6-14/h2-6,8,10H,7,9,11-12H2,1H3,(H,17,19). The summed E-state index contributed by atoms with van der Waals surface area (Å²) in [5.41, 5.74) is 0. The van der Waals surface area contributed by atoms with Crippen molar-refractivity contribution < 1.29 is 4.79 Å². The van der Waals surface area contributed by atoms with Gasteiger partial charge in [-0.3, -0.25) is 4.79 Å². The molecule has 0 unspecified atom stereocenters. The molecule has 1 heterocycles. The monoisotopic (exact) mass is 289 g/mol. The summed E-state index contributed by atoms with van der Waals surface area (Å²) in [6, 6.07) is 10.1. The largest absolute Gasteiger partial charge is 0.354 e. The molecule has 0 aliphatic heterocycles. The second-order valence-corrected chi connectivity index (χ2v) is 5.60. The van der Waals surface area contributed by atoms with E-state index in [0.717, 1.165) is 18.1 Å². The van der Waals surface area contributed by atoms with Crippen molar-refractivity contribution in [2.75, 3.05) is 12.3 Å². The van der Waals surface area contributed by atoms with Crippen LogP contribution in [0.15, 0.2) is 47.6 Å². The highest BCUT2D eigenvalue weighted by molar-refractivity contribution is 7.99. The van der Waals surface area contributed by atoms with E-state index < -0.39 is 0 Å². The molecule has 0 radical (unpaired) electrons. The summed E-state index contributed by atoms with van der Waals surface area (Å²) in [6.07, 6.45) is 4.24. The number of amides is 1. The number of aromatic nitrogens is 2. The summed E-state index contributed by atoms with van der Waals surface area (Å²) < 4.78 is 2.03. The predicted molar refractivity (Wildman–Crippen MR) is 81.8 cm³/mol. The highest BCUT2D eigenvalue weighted by Gasteiger charge is 2.02. The lowest BCUT2D eigenvalue weighted by molar-refractivity contribution is -0.120. The maximum atomic E-state index is 11.7. The lowest BCUT2D eigenvalue weighted by atomic mass is 10.4. The molecule has 1 amide bonds. The van der Waals surface area contributed by atoms with E-state index in [9.17, 15) is 4.79 Å². The Balaban J connectivity index is 1.60. The highest BCUT2D eigenvalue weighted by atomic mass is 32.2. The average Bonchev–Trinajstić information content (AvgIpc) is 2.86. The number of hydrogen-bond donors (Lipinski definition) is 1. The van der Waals surface area contributed by atoms with E-state index in [1.165, 1.54) is 4.90 Å². The molecule has 1 aromatic carbocycles. The number of carbonyl (C=O) groups excluding carboxylic acids is 1. The fourth-order valence-electron chi connectivity index (χ4n) is 1.82. The SMILES string of the molecule is Cc1nccn1CCNC(=O)CCSc1ccccc1. The van der Waals surface area contributed by atoms with E-state index in [4.69, 9.17) is 0 Å². The zero-order valence-corrected chi connectivity index (χ0v) is 12.4. The molecule has 20 heavy (non-hydrogen) atoms. The van der Waals surface area contributed by atoms with Crippen LogP contribution < -0.4 is 5.32 Å². The van der Waals surface area contributed by atoms with Crippen molar-refractivity contribution in [3.05, 3.63) is 48.5 Å². The van der Waals surface area contributed by atoms with E-state index in [1.54, 1.807) is 18.0 Å². The summed E-state index contributed by atoms with van der Waals surface area (Å²) in [6.45, 7) is 3.37. The number of nitrogens with zero attached hydrogens (tertiary/aromatic N) is 2. The number of nitrogens with one attached hydrogen (secondary N) is 1. The van der Waals surface area contributed by atoms with Crippen LogP contribution in [0, 0.1) is 6.92 Å². The average molecular weight is 289 g/mol. The van der Waals surface area contributed by atoms with Gasteiger partial charge in [0.2, 0.25) is 5.91 Å². The van der Waals surface area contributed by atoms with Crippen molar-refractivity contribution in [3.8, 4) is 0 Å². The summed E-state index contributed by atoms with van der Waals surface area (Å²) in [5.74, 6) is 1.88. The van der Waals surface area contributed by atoms with Crippen LogP contribution in [-0.4, -0.2) is 27.8 Å². The molecular weight excluding hydrogens is 270 g/mol. The van der Waals surface area contributed by atoms with E-state index >= 15 is 0 Å². The minimum absolute atomic E-state index is 0.103. The van der Waals surface area contributed by atoms with Crippen molar-refractivity contribution in [3.63, 3.8) is 0 Å². The van der Waals surface area contributed by atoms with Crippen LogP contribution in [0.3, 0.4) is 0 Å². The first-order valence-corrected chi connectivity index (χ1v) is 7.66. The Morgan fingerprint density at radius 2 is 2.15 bits per heavy atom. The molecular formula is C15H19N3OS. The molecule has 0 bridgehead atoms. The van der Waals surface area contributed by atoms with Gasteiger partial charge in [0.1, 0.15) is 5.82 Å². The van der Waals surface area contributed by atoms with Gasteiger partial charge in [-0.05, 0) is 19.1 Å². The van der Waals surface area contributed by atoms with Crippen LogP contribution in [0.1, 0.15) is 12.2 Å². The van der Waals surface area contributed by atoms with Gasteiger partial charge < -0.3 is 9.88 Å². The molecule has 0 aliphatic rings. The number of aryl methyl sites for hydroxylation is 1. The second kappa shape index (κ2) is 7.75. The molecule has 0 saturated carbocycles. The molecule has 106 valence electrons. The maximum Gasteiger partial charge on any atom is 0.220 e. The number of rotatable bonds is 7. The van der Waals surface area contributed by atoms with Gasteiger partial charge >= 0.3 is 0 Å². The smallest absolute Gasteiger partial charge is 0.220 e. The maximum absolute atomic E-state index is 11.7. The molecule has 2 aromatic rings. The summed E-state index contributed by atoms with van der Waals surface area (Å²) in [5, 5.41) is 2.93. The number of imidazole rings is 1. The molecule has 0 aliphatic carbocycles. The van der Waals surface area contributed by atoms with Gasteiger partial charge in [0.05, 0.1) is 0 Å². The fraction of sp³-hybridized carbons (Fsp3) is 0.333. The Morgan fingerprint density at radius 1 is 1.35 bits per heavy atom. The van der Waals surface area contributed by atoms with Gasteiger partial charge in [-0.2, -0.15) is 0 Å². The molecule has 0 saturated heterocycles. The lowest BCUT2D eigenvalue weighted by Crippen LogP contribution is -2.27. The predicted octanol–water partition coefficient (Wildman–Crippen LogP) is 2.49. The van der Waals surface area contributed by atoms with E-state index in [0.29, 0.717) is 13.0 Å². The molecule has 0 atom stereocenters. The van der Waals surface area contributed by atoms with Crippen LogP contribution in [0.4, 0.5) is 0 Å². The third-order valence-electron chi connectivity index (χ3n) is 2.94. The number of benzene rings is 1. The Bertz CT molecular complexity index is 539. The van der Waals surface area contributed by atoms with Gasteiger partial charge in [0.15, 0.2) is 0 Å². The second-order valence-electron chi connectivity index (χ2n) is 4.43. The third kappa shape index (κ3) is 4.74. The number of hydrogen-bond acceptors (Lipinski definition) is 3. The normalized spacial score (nSPS) is 10.4. The minimum atomic E-state index is 0.103. The van der Waals surface area contributed by atoms with Crippen molar-refractivity contribution in [1.82, 2.24) is 14.9 Å². The minimum Gasteiger partial charge on any atom is -0.354 e. The van der Waals surface area contributed by atoms with Gasteiger partial charge in [-0.25, -0.2) is 4.98 Å². The summed E-state index contributed by atoms with van der Waals surface area (Å²) in [4.78, 5) is 17.0. The Kier molecular flexibility index (Phi) is 5.68. The zero-order chi connectivity index (χ0) is 14.2. The Labute approximate surface area is 123 Å². The van der Waals surface area contributed by atoms with E-state index in [2.05, 4.69) is 22.4 Å². The van der Waals surface area contributed by atoms with Crippen molar-refractivity contribution in [2.45, 2.75) is 24.8 Å². The first-order chi connectivity index (χ1) is 9.75. The van der Waals surface area contributed by atoms with Crippen molar-refractivity contribution in [2.24, 2.45) is 0 Å². The topological polar surface area (TPSA) is 46.9 Å². The van der Waals surface area contributed by atoms with Gasteiger partial charge in [0.25, 0.3) is 0 Å². The fourth-order valence-corrected chi connectivity index (χ4v) is 2.70. The van der Waals surface area contributed by atoms with Crippen LogP contribution in [0.2, 0.25) is 0 Å². The van der Waals surface area contributed by atoms with Crippen LogP contribution in [0.25, 0.3) is 0 Å². The van der Waals surface area contributed by atoms with Crippen molar-refractivity contribution in [1.29, 1.82) is 0 Å². The van der Waals surface area contributed by atoms with Gasteiger partial charge in [-0.15, -0.1) is 11.8 Å². The lowest BCUT2D eigenvalue weighted by Gasteiger charge is -2.07. The zero-order valence-electron chi connectivity index (χ0n) is 11.6. The Hall–Kier alpha value is -1.75. The first kappa shape index (κ1) is 14.7. The quantitative estimate of drug-likeness (QED) is 0.797. The van der Waals surface area contributed by atoms with Crippen molar-refractivity contribution >= 4 is 17.7 Å². The molecule has 2 rings (SSSR count). The summed E-state index contributed by atoms with van der Waals surface area (Å²) in [7, 11) is 0. The highest BCUT2D eigenvalue weighted by Crippen LogP contribution is 2.17. The molecule has 4 nitrogen and oxygen atoms in total. The van der Waals surface area contributed by atoms with Crippen LogP contribution >= 0.6 is 11.8 Å². The van der Waals surface area contributed by atoms with Gasteiger partial charge in [-0.1, -0.05) is 18.2 Å². The first-order valence-electron chi connectivity index (χ1n) is 6.68. The van der Waals surface area contributed by atoms with Crippen LogP contribution in [-0.2, 0) is 11.3 Å². The summed E-state index contributed by atoms with van der Waals surface area (Å²) >= 11 is 1.71. The Morgan fingerprint density at radius 3 is 2.85 bits per heavy atom. The molecule has 5 heteroatoms. The molecule has 0 fully saturated rings. The third-order valence-corrected chi connectivity index (χ3v) is 3.95. The molecule has 0 spiro atoms. The van der Waals surface area contributed by atoms with Crippen LogP contribution in [0.5, 0.6) is 0 Å². The van der Waals surface area contributed by atoms with E-state index in [-0.39, 0.29) is 5.91 Å².